The van der Waals surface area contributed by atoms with Gasteiger partial charge in [0.2, 0.25) is 0 Å². The summed E-state index contributed by atoms with van der Waals surface area (Å²) in [7, 11) is 0. The van der Waals surface area contributed by atoms with Gasteiger partial charge in [-0.2, -0.15) is 0 Å². The van der Waals surface area contributed by atoms with Crippen molar-refractivity contribution in [2.45, 2.75) is 69.9 Å². The Labute approximate surface area is 112 Å². The van der Waals surface area contributed by atoms with E-state index in [1.807, 2.05) is 0 Å². The van der Waals surface area contributed by atoms with Crippen LogP contribution in [0.4, 0.5) is 0 Å². The molecule has 1 saturated heterocycles. The van der Waals surface area contributed by atoms with Gasteiger partial charge in [0.05, 0.1) is 5.60 Å². The molecule has 0 aromatic heterocycles. The molecule has 1 aliphatic carbocycles. The summed E-state index contributed by atoms with van der Waals surface area (Å²) in [5.41, 5.74) is 6.19. The number of rotatable bonds is 6. The Hall–Kier alpha value is -0.120. The van der Waals surface area contributed by atoms with Gasteiger partial charge < -0.3 is 15.8 Å². The molecule has 3 nitrogen and oxygen atoms in total. The van der Waals surface area contributed by atoms with E-state index in [2.05, 4.69) is 19.2 Å². The summed E-state index contributed by atoms with van der Waals surface area (Å²) >= 11 is 0. The molecule has 1 saturated carbocycles. The molecule has 2 fully saturated rings. The molecule has 2 aliphatic rings. The highest BCUT2D eigenvalue weighted by atomic mass is 16.5. The van der Waals surface area contributed by atoms with E-state index in [0.29, 0.717) is 0 Å². The largest absolute Gasteiger partial charge is 0.375 e. The van der Waals surface area contributed by atoms with Crippen LogP contribution in [-0.4, -0.2) is 30.8 Å². The summed E-state index contributed by atoms with van der Waals surface area (Å²) in [6.45, 7) is 7.14. The van der Waals surface area contributed by atoms with Crippen molar-refractivity contribution in [2.75, 3.05) is 19.7 Å². The van der Waals surface area contributed by atoms with Gasteiger partial charge in [0.1, 0.15) is 0 Å². The van der Waals surface area contributed by atoms with Crippen molar-refractivity contribution in [3.05, 3.63) is 0 Å². The van der Waals surface area contributed by atoms with Gasteiger partial charge in [0.25, 0.3) is 0 Å². The molecule has 2 rings (SSSR count). The molecule has 2 atom stereocenters. The van der Waals surface area contributed by atoms with Crippen LogP contribution in [0.2, 0.25) is 0 Å². The van der Waals surface area contributed by atoms with Gasteiger partial charge in [-0.3, -0.25) is 0 Å². The molecule has 0 radical (unpaired) electrons. The maximum Gasteiger partial charge on any atom is 0.0670 e. The van der Waals surface area contributed by atoms with E-state index in [1.165, 1.54) is 25.7 Å². The Morgan fingerprint density at radius 1 is 1.39 bits per heavy atom. The molecule has 1 heterocycles. The van der Waals surface area contributed by atoms with E-state index in [9.17, 15) is 0 Å². The molecule has 18 heavy (non-hydrogen) atoms. The van der Waals surface area contributed by atoms with Crippen molar-refractivity contribution in [1.29, 1.82) is 0 Å². The lowest BCUT2D eigenvalue weighted by Gasteiger charge is -2.46. The molecule has 2 unspecified atom stereocenters. The first kappa shape index (κ1) is 14.3. The average molecular weight is 254 g/mol. The molecule has 3 N–H and O–H groups in total. The third-order valence-electron chi connectivity index (χ3n) is 5.16. The molecule has 0 aromatic rings. The van der Waals surface area contributed by atoms with Crippen LogP contribution >= 0.6 is 0 Å². The van der Waals surface area contributed by atoms with Gasteiger partial charge in [-0.05, 0) is 45.1 Å². The van der Waals surface area contributed by atoms with E-state index in [4.69, 9.17) is 10.5 Å². The maximum absolute atomic E-state index is 6.06. The molecule has 3 heteroatoms. The number of ether oxygens (including phenoxy) is 1. The van der Waals surface area contributed by atoms with Crippen molar-refractivity contribution in [3.63, 3.8) is 0 Å². The van der Waals surface area contributed by atoms with E-state index in [-0.39, 0.29) is 11.1 Å². The predicted molar refractivity (Wildman–Crippen MR) is 75.6 cm³/mol. The van der Waals surface area contributed by atoms with E-state index in [0.717, 1.165) is 44.9 Å². The first-order valence-electron chi connectivity index (χ1n) is 7.70. The van der Waals surface area contributed by atoms with Crippen LogP contribution in [0.5, 0.6) is 0 Å². The minimum atomic E-state index is 0.0150. The third-order valence-corrected chi connectivity index (χ3v) is 5.16. The predicted octanol–water partition coefficient (Wildman–Crippen LogP) is 2.44. The van der Waals surface area contributed by atoms with Gasteiger partial charge in [0.15, 0.2) is 0 Å². The van der Waals surface area contributed by atoms with Crippen molar-refractivity contribution in [1.82, 2.24) is 5.32 Å². The number of nitrogens with one attached hydrogen (secondary N) is 1. The number of hydrogen-bond acceptors (Lipinski definition) is 3. The van der Waals surface area contributed by atoms with Gasteiger partial charge >= 0.3 is 0 Å². The molecular weight excluding hydrogens is 224 g/mol. The monoisotopic (exact) mass is 254 g/mol. The van der Waals surface area contributed by atoms with Gasteiger partial charge in [-0.15, -0.1) is 0 Å². The van der Waals surface area contributed by atoms with E-state index in [1.54, 1.807) is 0 Å². The lowest BCUT2D eigenvalue weighted by Crippen LogP contribution is -2.59. The lowest BCUT2D eigenvalue weighted by atomic mass is 9.78. The summed E-state index contributed by atoms with van der Waals surface area (Å²) < 4.78 is 5.94. The van der Waals surface area contributed by atoms with Crippen molar-refractivity contribution in [3.8, 4) is 0 Å². The summed E-state index contributed by atoms with van der Waals surface area (Å²) in [5.74, 6) is 0.977. The zero-order valence-corrected chi connectivity index (χ0v) is 12.1. The fourth-order valence-corrected chi connectivity index (χ4v) is 3.30. The van der Waals surface area contributed by atoms with Crippen LogP contribution in [-0.2, 0) is 4.74 Å². The van der Waals surface area contributed by atoms with Gasteiger partial charge in [-0.1, -0.05) is 26.2 Å². The quantitative estimate of drug-likeness (QED) is 0.765. The van der Waals surface area contributed by atoms with Crippen LogP contribution in [0.1, 0.15) is 58.8 Å². The molecule has 106 valence electrons. The maximum atomic E-state index is 6.06. The molecular formula is C15H30N2O. The van der Waals surface area contributed by atoms with Crippen molar-refractivity contribution < 1.29 is 4.74 Å². The lowest BCUT2D eigenvalue weighted by molar-refractivity contribution is -0.0996. The van der Waals surface area contributed by atoms with Crippen LogP contribution in [0.15, 0.2) is 0 Å². The second-order valence-electron chi connectivity index (χ2n) is 6.58. The highest BCUT2D eigenvalue weighted by molar-refractivity contribution is 4.99. The highest BCUT2D eigenvalue weighted by Crippen LogP contribution is 2.34. The second kappa shape index (κ2) is 5.89. The molecule has 1 aliphatic heterocycles. The van der Waals surface area contributed by atoms with Crippen LogP contribution < -0.4 is 11.1 Å². The van der Waals surface area contributed by atoms with Gasteiger partial charge in [-0.25, -0.2) is 0 Å². The summed E-state index contributed by atoms with van der Waals surface area (Å²) in [4.78, 5) is 0. The molecule has 0 amide bonds. The van der Waals surface area contributed by atoms with E-state index >= 15 is 0 Å². The molecule has 0 aromatic carbocycles. The minimum Gasteiger partial charge on any atom is -0.375 e. The highest BCUT2D eigenvalue weighted by Gasteiger charge is 2.41. The topological polar surface area (TPSA) is 47.3 Å². The zero-order valence-electron chi connectivity index (χ0n) is 12.1. The van der Waals surface area contributed by atoms with Gasteiger partial charge in [0, 0.05) is 18.7 Å². The minimum absolute atomic E-state index is 0.0150. The van der Waals surface area contributed by atoms with Crippen molar-refractivity contribution in [2.24, 2.45) is 11.7 Å². The Kier molecular flexibility index (Phi) is 4.68. The number of nitrogens with two attached hydrogens (primary N) is 1. The van der Waals surface area contributed by atoms with Crippen LogP contribution in [0.25, 0.3) is 0 Å². The summed E-state index contributed by atoms with van der Waals surface area (Å²) in [6, 6.07) is 0. The first-order chi connectivity index (χ1) is 8.61. The summed E-state index contributed by atoms with van der Waals surface area (Å²) in [5, 5.41) is 3.77. The standard InChI is InChI=1S/C15H30N2O/c1-3-14(2)11-15(12-16,8-10-18-14)17-9-7-13-5-4-6-13/h13,17H,3-12,16H2,1-2H3. The average Bonchev–Trinajstić information content (AvgIpc) is 2.33. The molecule has 0 spiro atoms. The Bertz CT molecular complexity index is 267. The Morgan fingerprint density at radius 3 is 2.72 bits per heavy atom. The van der Waals surface area contributed by atoms with Crippen LogP contribution in [0.3, 0.4) is 0 Å². The fraction of sp³-hybridized carbons (Fsp3) is 1.00. The SMILES string of the molecule is CCC1(C)CC(CN)(NCCC2CCC2)CCO1. The van der Waals surface area contributed by atoms with E-state index < -0.39 is 0 Å². The number of hydrogen-bond donors (Lipinski definition) is 2. The fourth-order valence-electron chi connectivity index (χ4n) is 3.30. The first-order valence-corrected chi connectivity index (χ1v) is 7.70. The molecule has 0 bridgehead atoms. The summed E-state index contributed by atoms with van der Waals surface area (Å²) in [6.07, 6.45) is 8.82. The Balaban J connectivity index is 1.83. The zero-order chi connectivity index (χ0) is 13.1. The smallest absolute Gasteiger partial charge is 0.0670 e. The third kappa shape index (κ3) is 3.25. The van der Waals surface area contributed by atoms with Crippen molar-refractivity contribution >= 4 is 0 Å². The van der Waals surface area contributed by atoms with Crippen LogP contribution in [0, 0.1) is 5.92 Å². The normalized spacial score (nSPS) is 37.5. The second-order valence-corrected chi connectivity index (χ2v) is 6.58. The Morgan fingerprint density at radius 2 is 2.17 bits per heavy atom.